The summed E-state index contributed by atoms with van der Waals surface area (Å²) in [4.78, 5) is 4.49. The van der Waals surface area contributed by atoms with Gasteiger partial charge in [0.05, 0.1) is 11.6 Å². The van der Waals surface area contributed by atoms with Crippen molar-refractivity contribution in [1.29, 1.82) is 0 Å². The van der Waals surface area contributed by atoms with Crippen molar-refractivity contribution in [1.82, 2.24) is 15.5 Å². The van der Waals surface area contributed by atoms with Crippen molar-refractivity contribution < 1.29 is 14.0 Å². The molecule has 1 N–H and O–H groups in total. The zero-order valence-electron chi connectivity index (χ0n) is 11.0. The first-order chi connectivity index (χ1) is 9.92. The zero-order chi connectivity index (χ0) is 13.4. The van der Waals surface area contributed by atoms with Crippen LogP contribution in [0.25, 0.3) is 11.5 Å². The van der Waals surface area contributed by atoms with Crippen molar-refractivity contribution in [3.8, 4) is 23.0 Å². The van der Waals surface area contributed by atoms with E-state index in [2.05, 4.69) is 15.5 Å². The number of rotatable bonds is 2. The number of fused-ring (bicyclic) bond motifs is 1. The van der Waals surface area contributed by atoms with Gasteiger partial charge in [0.25, 0.3) is 5.89 Å². The molecule has 0 spiro atoms. The number of aromatic nitrogens is 2. The minimum absolute atomic E-state index is 0.198. The number of hydrogen-bond acceptors (Lipinski definition) is 6. The monoisotopic (exact) mass is 273 g/mol. The fourth-order valence-corrected chi connectivity index (χ4v) is 2.63. The third-order valence-corrected chi connectivity index (χ3v) is 3.61. The number of ether oxygens (including phenoxy) is 2. The summed E-state index contributed by atoms with van der Waals surface area (Å²) >= 11 is 0. The third-order valence-electron chi connectivity index (χ3n) is 3.61. The molecule has 1 atom stereocenters. The fraction of sp³-hybridized carbons (Fsp3) is 0.429. The molecule has 1 saturated heterocycles. The highest BCUT2D eigenvalue weighted by molar-refractivity contribution is 5.67. The Hall–Kier alpha value is -2.08. The molecule has 20 heavy (non-hydrogen) atoms. The van der Waals surface area contributed by atoms with Gasteiger partial charge in [-0.1, -0.05) is 11.2 Å². The molecular formula is C14H15N3O3. The van der Waals surface area contributed by atoms with Crippen LogP contribution in [0.1, 0.15) is 24.7 Å². The van der Waals surface area contributed by atoms with E-state index in [0.29, 0.717) is 30.7 Å². The lowest BCUT2D eigenvalue weighted by Crippen LogP contribution is -2.16. The van der Waals surface area contributed by atoms with Crippen LogP contribution in [0.15, 0.2) is 22.7 Å². The van der Waals surface area contributed by atoms with Gasteiger partial charge >= 0.3 is 0 Å². The molecule has 1 unspecified atom stereocenters. The molecule has 1 fully saturated rings. The van der Waals surface area contributed by atoms with Gasteiger partial charge in [0.2, 0.25) is 0 Å². The smallest absolute Gasteiger partial charge is 0.261 e. The molecule has 0 aliphatic carbocycles. The Kier molecular flexibility index (Phi) is 2.81. The maximum Gasteiger partial charge on any atom is 0.261 e. The van der Waals surface area contributed by atoms with Crippen LogP contribution < -0.4 is 14.8 Å². The van der Waals surface area contributed by atoms with Gasteiger partial charge < -0.3 is 19.3 Å². The standard InChI is InChI=1S/C14H15N3O3/c1-3-9(12-11(5-1)18-7-8-19-12)14-16-13(17-20-14)10-4-2-6-15-10/h1,3,5,10,15H,2,4,6-8H2. The molecule has 2 aromatic rings. The van der Waals surface area contributed by atoms with Crippen LogP contribution in [0.3, 0.4) is 0 Å². The Labute approximate surface area is 116 Å². The number of nitrogens with zero attached hydrogens (tertiary/aromatic N) is 2. The van der Waals surface area contributed by atoms with Crippen molar-refractivity contribution >= 4 is 0 Å². The maximum absolute atomic E-state index is 5.68. The largest absolute Gasteiger partial charge is 0.486 e. The highest BCUT2D eigenvalue weighted by atomic mass is 16.6. The summed E-state index contributed by atoms with van der Waals surface area (Å²) in [5, 5.41) is 7.44. The zero-order valence-corrected chi connectivity index (χ0v) is 11.0. The number of nitrogens with one attached hydrogen (secondary N) is 1. The molecule has 4 rings (SSSR count). The predicted molar refractivity (Wildman–Crippen MR) is 70.7 cm³/mol. The topological polar surface area (TPSA) is 69.4 Å². The Balaban J connectivity index is 1.70. The van der Waals surface area contributed by atoms with E-state index in [1.807, 2.05) is 18.2 Å². The number of para-hydroxylation sites is 1. The van der Waals surface area contributed by atoms with E-state index in [4.69, 9.17) is 14.0 Å². The van der Waals surface area contributed by atoms with Crippen molar-refractivity contribution in [3.05, 3.63) is 24.0 Å². The summed E-state index contributed by atoms with van der Waals surface area (Å²) in [6.07, 6.45) is 2.19. The first-order valence-electron chi connectivity index (χ1n) is 6.88. The van der Waals surface area contributed by atoms with Crippen LogP contribution >= 0.6 is 0 Å². The summed E-state index contributed by atoms with van der Waals surface area (Å²) < 4.78 is 16.6. The molecule has 2 aliphatic rings. The molecule has 6 heteroatoms. The molecule has 0 bridgehead atoms. The van der Waals surface area contributed by atoms with Crippen molar-refractivity contribution in [2.24, 2.45) is 0 Å². The van der Waals surface area contributed by atoms with E-state index < -0.39 is 0 Å². The third kappa shape index (κ3) is 1.92. The Morgan fingerprint density at radius 1 is 1.20 bits per heavy atom. The van der Waals surface area contributed by atoms with Gasteiger partial charge in [-0.3, -0.25) is 0 Å². The lowest BCUT2D eigenvalue weighted by atomic mass is 10.1. The van der Waals surface area contributed by atoms with Gasteiger partial charge in [0, 0.05) is 0 Å². The van der Waals surface area contributed by atoms with E-state index in [1.54, 1.807) is 0 Å². The first kappa shape index (κ1) is 11.7. The van der Waals surface area contributed by atoms with Gasteiger partial charge in [0.1, 0.15) is 13.2 Å². The summed E-state index contributed by atoms with van der Waals surface area (Å²) in [7, 11) is 0. The molecule has 0 saturated carbocycles. The summed E-state index contributed by atoms with van der Waals surface area (Å²) in [5.41, 5.74) is 0.791. The molecule has 2 aliphatic heterocycles. The number of hydrogen-bond donors (Lipinski definition) is 1. The Morgan fingerprint density at radius 2 is 2.15 bits per heavy atom. The second kappa shape index (κ2) is 4.79. The van der Waals surface area contributed by atoms with Crippen molar-refractivity contribution in [3.63, 3.8) is 0 Å². The second-order valence-electron chi connectivity index (χ2n) is 4.94. The summed E-state index contributed by atoms with van der Waals surface area (Å²) in [6, 6.07) is 5.89. The minimum Gasteiger partial charge on any atom is -0.486 e. The van der Waals surface area contributed by atoms with Crippen LogP contribution in [0.4, 0.5) is 0 Å². The van der Waals surface area contributed by atoms with Gasteiger partial charge in [-0.25, -0.2) is 0 Å². The van der Waals surface area contributed by atoms with Gasteiger partial charge in [-0.15, -0.1) is 0 Å². The molecule has 0 amide bonds. The minimum atomic E-state index is 0.198. The summed E-state index contributed by atoms with van der Waals surface area (Å²) in [6.45, 7) is 2.11. The van der Waals surface area contributed by atoms with Crippen LogP contribution in [0.5, 0.6) is 11.5 Å². The summed E-state index contributed by atoms with van der Waals surface area (Å²) in [5.74, 6) is 2.61. The molecule has 3 heterocycles. The van der Waals surface area contributed by atoms with Crippen LogP contribution in [-0.2, 0) is 0 Å². The van der Waals surface area contributed by atoms with Crippen LogP contribution in [0, 0.1) is 0 Å². The second-order valence-corrected chi connectivity index (χ2v) is 4.94. The molecule has 0 radical (unpaired) electrons. The lowest BCUT2D eigenvalue weighted by molar-refractivity contribution is 0.172. The molecule has 1 aromatic heterocycles. The lowest BCUT2D eigenvalue weighted by Gasteiger charge is -2.19. The highest BCUT2D eigenvalue weighted by Crippen LogP contribution is 2.39. The van der Waals surface area contributed by atoms with Gasteiger partial charge in [-0.05, 0) is 31.5 Å². The van der Waals surface area contributed by atoms with E-state index in [9.17, 15) is 0 Å². The molecule has 1 aromatic carbocycles. The quantitative estimate of drug-likeness (QED) is 0.901. The normalized spacial score (nSPS) is 21.1. The SMILES string of the molecule is c1cc2c(c(-c3nc(C4CCCN4)no3)c1)OCCO2. The maximum atomic E-state index is 5.68. The number of benzene rings is 1. The Bertz CT molecular complexity index is 620. The van der Waals surface area contributed by atoms with Crippen molar-refractivity contribution in [2.75, 3.05) is 19.8 Å². The average Bonchev–Trinajstić information content (AvgIpc) is 3.17. The fourth-order valence-electron chi connectivity index (χ4n) is 2.63. The first-order valence-corrected chi connectivity index (χ1v) is 6.88. The highest BCUT2D eigenvalue weighted by Gasteiger charge is 2.25. The van der Waals surface area contributed by atoms with Crippen molar-refractivity contribution in [2.45, 2.75) is 18.9 Å². The van der Waals surface area contributed by atoms with E-state index in [0.717, 1.165) is 30.7 Å². The molecular weight excluding hydrogens is 258 g/mol. The van der Waals surface area contributed by atoms with Gasteiger partial charge in [0.15, 0.2) is 17.3 Å². The molecule has 6 nitrogen and oxygen atoms in total. The Morgan fingerprint density at radius 3 is 3.05 bits per heavy atom. The van der Waals surface area contributed by atoms with Gasteiger partial charge in [-0.2, -0.15) is 4.98 Å². The van der Waals surface area contributed by atoms with Crippen LogP contribution in [-0.4, -0.2) is 29.9 Å². The molecule has 104 valence electrons. The van der Waals surface area contributed by atoms with E-state index in [-0.39, 0.29) is 6.04 Å². The predicted octanol–water partition coefficient (Wildman–Crippen LogP) is 1.93. The van der Waals surface area contributed by atoms with Crippen LogP contribution in [0.2, 0.25) is 0 Å². The van der Waals surface area contributed by atoms with E-state index in [1.165, 1.54) is 0 Å². The average molecular weight is 273 g/mol. The van der Waals surface area contributed by atoms with E-state index >= 15 is 0 Å².